The molecule has 2 aromatic heterocycles. The minimum atomic E-state index is -0.681. The number of thioether (sulfide) groups is 1. The molecule has 1 atom stereocenters. The van der Waals surface area contributed by atoms with Crippen LogP contribution >= 0.6 is 23.1 Å². The molecule has 2 heterocycles. The van der Waals surface area contributed by atoms with Gasteiger partial charge in [0.2, 0.25) is 5.91 Å². The molecule has 6 aromatic rings. The summed E-state index contributed by atoms with van der Waals surface area (Å²) in [6, 6.07) is 38.9. The van der Waals surface area contributed by atoms with Crippen LogP contribution in [0.3, 0.4) is 0 Å². The predicted molar refractivity (Wildman–Crippen MR) is 204 cm³/mol. The molecule has 1 unspecified atom stereocenters. The smallest absolute Gasteiger partial charge is 0.272 e. The van der Waals surface area contributed by atoms with Crippen LogP contribution in [-0.2, 0) is 9.59 Å². The number of nitriles is 1. The first-order valence-electron chi connectivity index (χ1n) is 15.9. The van der Waals surface area contributed by atoms with Crippen molar-refractivity contribution < 1.29 is 14.4 Å². The van der Waals surface area contributed by atoms with Crippen molar-refractivity contribution in [3.05, 3.63) is 173 Å². The first kappa shape index (κ1) is 34.6. The number of thiophene rings is 1. The third kappa shape index (κ3) is 8.85. The zero-order valence-electron chi connectivity index (χ0n) is 27.4. The fourth-order valence-electron chi connectivity index (χ4n) is 5.14. The number of hydrogen-bond acceptors (Lipinski definition) is 7. The molecule has 3 amide bonds. The number of nitrogens with zero attached hydrogens (tertiary/aromatic N) is 2. The third-order valence-corrected chi connectivity index (χ3v) is 9.86. The average molecular weight is 706 g/mol. The van der Waals surface area contributed by atoms with Crippen LogP contribution in [0.25, 0.3) is 17.2 Å². The fourth-order valence-corrected chi connectivity index (χ4v) is 7.14. The summed E-state index contributed by atoms with van der Waals surface area (Å²) < 4.78 is 0. The Kier molecular flexibility index (Phi) is 11.1. The Hall–Kier alpha value is -6.28. The second-order valence-corrected chi connectivity index (χ2v) is 13.4. The largest absolute Gasteiger partial charge is 0.321 e. The van der Waals surface area contributed by atoms with E-state index in [2.05, 4.69) is 27.0 Å². The first-order valence-corrected chi connectivity index (χ1v) is 17.6. The topological polar surface area (TPSA) is 124 Å². The maximum absolute atomic E-state index is 14.0. The average Bonchev–Trinajstić information content (AvgIpc) is 3.57. The van der Waals surface area contributed by atoms with Crippen LogP contribution in [0.2, 0.25) is 0 Å². The van der Waals surface area contributed by atoms with Crippen molar-refractivity contribution in [3.8, 4) is 17.2 Å². The molecule has 10 heteroatoms. The van der Waals surface area contributed by atoms with E-state index in [0.29, 0.717) is 27.4 Å². The zero-order chi connectivity index (χ0) is 35.6. The van der Waals surface area contributed by atoms with Gasteiger partial charge in [0.25, 0.3) is 11.8 Å². The van der Waals surface area contributed by atoms with E-state index >= 15 is 0 Å². The summed E-state index contributed by atoms with van der Waals surface area (Å²) in [5.41, 5.74) is 5.50. The number of hydrogen-bond donors (Lipinski definition) is 3. The van der Waals surface area contributed by atoms with Gasteiger partial charge in [-0.25, -0.2) is 0 Å². The summed E-state index contributed by atoms with van der Waals surface area (Å²) in [5.74, 6) is -1.26. The number of aryl methyl sites for hydroxylation is 1. The van der Waals surface area contributed by atoms with Crippen LogP contribution in [0.5, 0.6) is 0 Å². The normalized spacial score (nSPS) is 11.6. The number of carbonyl (C=O) groups excluding carboxylic acids is 3. The second kappa shape index (κ2) is 16.4. The maximum atomic E-state index is 14.0. The quantitative estimate of drug-likeness (QED) is 0.0914. The lowest BCUT2D eigenvalue weighted by molar-refractivity contribution is -0.116. The van der Waals surface area contributed by atoms with Gasteiger partial charge in [-0.1, -0.05) is 90.5 Å². The molecule has 0 spiro atoms. The highest BCUT2D eigenvalue weighted by Crippen LogP contribution is 2.40. The van der Waals surface area contributed by atoms with Crippen molar-refractivity contribution in [2.24, 2.45) is 0 Å². The van der Waals surface area contributed by atoms with E-state index in [1.807, 2.05) is 73.0 Å². The van der Waals surface area contributed by atoms with E-state index in [0.717, 1.165) is 27.1 Å². The Bertz CT molecular complexity index is 2230. The van der Waals surface area contributed by atoms with Gasteiger partial charge >= 0.3 is 0 Å². The highest BCUT2D eigenvalue weighted by Gasteiger charge is 2.25. The first-order chi connectivity index (χ1) is 24.9. The van der Waals surface area contributed by atoms with Gasteiger partial charge in [-0.05, 0) is 66.1 Å². The second-order valence-electron chi connectivity index (χ2n) is 11.4. The molecule has 8 nitrogen and oxygen atoms in total. The Morgan fingerprint density at radius 1 is 0.863 bits per heavy atom. The van der Waals surface area contributed by atoms with Crippen LogP contribution in [0.1, 0.15) is 37.9 Å². The van der Waals surface area contributed by atoms with Crippen molar-refractivity contribution in [2.45, 2.75) is 17.1 Å². The van der Waals surface area contributed by atoms with Crippen LogP contribution in [0, 0.1) is 18.3 Å². The molecule has 250 valence electrons. The molecular weight excluding hydrogens is 675 g/mol. The molecule has 3 N–H and O–H groups in total. The van der Waals surface area contributed by atoms with Crippen molar-refractivity contribution in [3.63, 3.8) is 0 Å². The minimum absolute atomic E-state index is 0.0331. The zero-order valence-corrected chi connectivity index (χ0v) is 29.0. The van der Waals surface area contributed by atoms with Gasteiger partial charge in [0, 0.05) is 39.5 Å². The lowest BCUT2D eigenvalue weighted by Crippen LogP contribution is -2.30. The highest BCUT2D eigenvalue weighted by atomic mass is 32.2. The molecule has 0 saturated carbocycles. The molecule has 0 saturated heterocycles. The highest BCUT2D eigenvalue weighted by molar-refractivity contribution is 8.00. The summed E-state index contributed by atoms with van der Waals surface area (Å²) in [6.07, 6.45) is 4.77. The van der Waals surface area contributed by atoms with E-state index in [1.165, 1.54) is 23.1 Å². The number of nitrogens with one attached hydrogen (secondary N) is 3. The summed E-state index contributed by atoms with van der Waals surface area (Å²) in [7, 11) is 0. The maximum Gasteiger partial charge on any atom is 0.272 e. The lowest BCUT2D eigenvalue weighted by Gasteiger charge is -2.17. The minimum Gasteiger partial charge on any atom is -0.321 e. The molecule has 51 heavy (non-hydrogen) atoms. The number of anilines is 2. The van der Waals surface area contributed by atoms with E-state index < -0.39 is 17.1 Å². The Morgan fingerprint density at radius 2 is 1.61 bits per heavy atom. The van der Waals surface area contributed by atoms with Gasteiger partial charge < -0.3 is 16.0 Å². The van der Waals surface area contributed by atoms with Crippen molar-refractivity contribution >= 4 is 57.6 Å². The molecule has 0 radical (unpaired) electrons. The standard InChI is InChI=1S/C41H31N5O3S2/c1-27-17-19-29(20-18-27)35-26-50-41(34(35)24-42)46-40(49)37(30-11-4-2-5-12-30)51-33-16-8-15-32(23-33)44-39(48)36(22-28-10-9-21-43-25-28)45-38(47)31-13-6-3-7-14-31/h2-23,25-26,37H,1H3,(H,44,48)(H,45,47)(H,46,49)/b36-22-. The van der Waals surface area contributed by atoms with Crippen molar-refractivity contribution in [1.82, 2.24) is 10.3 Å². The predicted octanol–water partition coefficient (Wildman–Crippen LogP) is 8.87. The summed E-state index contributed by atoms with van der Waals surface area (Å²) >= 11 is 2.63. The van der Waals surface area contributed by atoms with Crippen molar-refractivity contribution in [1.29, 1.82) is 5.26 Å². The Labute approximate surface area is 303 Å². The molecule has 0 fully saturated rings. The monoisotopic (exact) mass is 705 g/mol. The van der Waals surface area contributed by atoms with Gasteiger partial charge in [-0.3, -0.25) is 19.4 Å². The third-order valence-electron chi connectivity index (χ3n) is 7.71. The van der Waals surface area contributed by atoms with Crippen LogP contribution < -0.4 is 16.0 Å². The number of amides is 3. The molecule has 0 aliphatic heterocycles. The van der Waals surface area contributed by atoms with Crippen LogP contribution in [0.4, 0.5) is 10.7 Å². The van der Waals surface area contributed by atoms with Crippen molar-refractivity contribution in [2.75, 3.05) is 10.6 Å². The lowest BCUT2D eigenvalue weighted by atomic mass is 10.0. The number of carbonyl (C=O) groups is 3. The van der Waals surface area contributed by atoms with Gasteiger partial charge in [0.05, 0.1) is 5.56 Å². The molecule has 0 aliphatic carbocycles. The summed E-state index contributed by atoms with van der Waals surface area (Å²) in [4.78, 5) is 45.4. The van der Waals surface area contributed by atoms with Gasteiger partial charge in [0.1, 0.15) is 22.0 Å². The number of benzene rings is 4. The van der Waals surface area contributed by atoms with Gasteiger partial charge in [0.15, 0.2) is 0 Å². The number of aromatic nitrogens is 1. The van der Waals surface area contributed by atoms with Gasteiger partial charge in [-0.15, -0.1) is 23.1 Å². The van der Waals surface area contributed by atoms with E-state index in [9.17, 15) is 19.6 Å². The van der Waals surface area contributed by atoms with E-state index in [-0.39, 0.29) is 11.6 Å². The fraction of sp³-hybridized carbons (Fsp3) is 0.0488. The number of pyridine rings is 1. The Balaban J connectivity index is 1.23. The van der Waals surface area contributed by atoms with Gasteiger partial charge in [-0.2, -0.15) is 5.26 Å². The molecule has 0 bridgehead atoms. The van der Waals surface area contributed by atoms with Crippen LogP contribution in [-0.4, -0.2) is 22.7 Å². The Morgan fingerprint density at radius 3 is 2.31 bits per heavy atom. The van der Waals surface area contributed by atoms with Crippen LogP contribution in [0.15, 0.2) is 150 Å². The number of rotatable bonds is 11. The molecule has 6 rings (SSSR count). The SMILES string of the molecule is Cc1ccc(-c2csc(NC(=O)C(Sc3cccc(NC(=O)/C(=C/c4cccnc4)NC(=O)c4ccccc4)c3)c3ccccc3)c2C#N)cc1. The summed E-state index contributed by atoms with van der Waals surface area (Å²) in [5, 5.41) is 20.4. The molecular formula is C41H31N5O3S2. The molecule has 0 aliphatic rings. The van der Waals surface area contributed by atoms with E-state index in [1.54, 1.807) is 79.1 Å². The summed E-state index contributed by atoms with van der Waals surface area (Å²) in [6.45, 7) is 2.00. The molecule has 4 aromatic carbocycles. The van der Waals surface area contributed by atoms with E-state index in [4.69, 9.17) is 0 Å².